The van der Waals surface area contributed by atoms with Gasteiger partial charge in [0.05, 0.1) is 0 Å². The lowest BCUT2D eigenvalue weighted by Gasteiger charge is -2.39. The molecule has 4 atom stereocenters. The van der Waals surface area contributed by atoms with Crippen molar-refractivity contribution < 1.29 is 0 Å². The van der Waals surface area contributed by atoms with Gasteiger partial charge in [0.2, 0.25) is 0 Å². The maximum absolute atomic E-state index is 5.64. The third-order valence-electron chi connectivity index (χ3n) is 9.25. The molecule has 0 aromatic carbocycles. The van der Waals surface area contributed by atoms with E-state index in [-0.39, 0.29) is 0 Å². The van der Waals surface area contributed by atoms with Gasteiger partial charge in [0.25, 0.3) is 0 Å². The molecule has 0 radical (unpaired) electrons. The minimum absolute atomic E-state index is 0.781. The van der Waals surface area contributed by atoms with Crippen LogP contribution in [-0.2, 0) is 0 Å². The fourth-order valence-electron chi connectivity index (χ4n) is 6.77. The number of nitrogens with two attached hydrogens (primary N) is 1. The molecule has 1 aliphatic rings. The monoisotopic (exact) mass is 530 g/mol. The van der Waals surface area contributed by atoms with Gasteiger partial charge in [0.15, 0.2) is 0 Å². The fraction of sp³-hybridized carbons (Fsp3) is 0.892. The van der Waals surface area contributed by atoms with Crippen LogP contribution in [0.1, 0.15) is 181 Å². The Morgan fingerprint density at radius 2 is 0.947 bits per heavy atom. The van der Waals surface area contributed by atoms with Gasteiger partial charge in [0.1, 0.15) is 0 Å². The van der Waals surface area contributed by atoms with Crippen LogP contribution in [0, 0.1) is 23.7 Å². The highest BCUT2D eigenvalue weighted by Crippen LogP contribution is 2.43. The van der Waals surface area contributed by atoms with Crippen LogP contribution in [0.25, 0.3) is 0 Å². The van der Waals surface area contributed by atoms with E-state index in [0.717, 1.165) is 30.2 Å². The molecule has 1 aliphatic carbocycles. The lowest BCUT2D eigenvalue weighted by atomic mass is 9.66. The van der Waals surface area contributed by atoms with Crippen LogP contribution in [0.15, 0.2) is 24.3 Å². The Kier molecular flexibility index (Phi) is 24.9. The molecular weight excluding hydrogens is 458 g/mol. The lowest BCUT2D eigenvalue weighted by Crippen LogP contribution is -2.30. The van der Waals surface area contributed by atoms with Gasteiger partial charge in [-0.3, -0.25) is 0 Å². The van der Waals surface area contributed by atoms with Crippen molar-refractivity contribution in [2.45, 2.75) is 181 Å². The first kappa shape index (κ1) is 35.5. The second-order valence-electron chi connectivity index (χ2n) is 12.7. The molecule has 0 bridgehead atoms. The standard InChI is InChI=1S/C37H71N/c1-4-7-10-12-15-20-25-30-37-35(28-23-19-16-13-14-17-21-26-33-38)32-31-34(27-22-9-6-3)36(37)29-24-18-11-8-5-2/h24,29,31-32,34-37H,4-23,25-28,30,33,38H2,1-3H3/b29-24+. The zero-order chi connectivity index (χ0) is 27.5. The molecule has 0 amide bonds. The summed E-state index contributed by atoms with van der Waals surface area (Å²) in [5.74, 6) is 3.25. The van der Waals surface area contributed by atoms with Crippen LogP contribution in [0.2, 0.25) is 0 Å². The highest BCUT2D eigenvalue weighted by atomic mass is 14.5. The maximum Gasteiger partial charge on any atom is -0.00773 e. The van der Waals surface area contributed by atoms with Gasteiger partial charge in [-0.2, -0.15) is 0 Å². The predicted molar refractivity (Wildman–Crippen MR) is 174 cm³/mol. The molecule has 0 saturated heterocycles. The minimum Gasteiger partial charge on any atom is -0.330 e. The predicted octanol–water partition coefficient (Wildman–Crippen LogP) is 12.3. The second kappa shape index (κ2) is 26.7. The van der Waals surface area contributed by atoms with E-state index in [4.69, 9.17) is 5.73 Å². The van der Waals surface area contributed by atoms with E-state index in [1.165, 1.54) is 161 Å². The van der Waals surface area contributed by atoms with Crippen LogP contribution < -0.4 is 5.73 Å². The Hall–Kier alpha value is -0.560. The van der Waals surface area contributed by atoms with Crippen LogP contribution in [0.3, 0.4) is 0 Å². The van der Waals surface area contributed by atoms with E-state index in [0.29, 0.717) is 0 Å². The van der Waals surface area contributed by atoms with Crippen LogP contribution in [0.4, 0.5) is 0 Å². The largest absolute Gasteiger partial charge is 0.330 e. The molecule has 1 rings (SSSR count). The summed E-state index contributed by atoms with van der Waals surface area (Å²) in [5.41, 5.74) is 5.64. The maximum atomic E-state index is 5.64. The molecular formula is C37H71N. The summed E-state index contributed by atoms with van der Waals surface area (Å²) < 4.78 is 0. The number of hydrogen-bond acceptors (Lipinski definition) is 1. The Labute approximate surface area is 241 Å². The zero-order valence-corrected chi connectivity index (χ0v) is 26.6. The molecule has 0 heterocycles. The lowest BCUT2D eigenvalue weighted by molar-refractivity contribution is 0.196. The Bertz CT molecular complexity index is 535. The molecule has 38 heavy (non-hydrogen) atoms. The van der Waals surface area contributed by atoms with Gasteiger partial charge in [-0.05, 0) is 68.7 Å². The number of rotatable bonds is 27. The van der Waals surface area contributed by atoms with Gasteiger partial charge in [-0.15, -0.1) is 0 Å². The molecule has 0 spiro atoms. The zero-order valence-electron chi connectivity index (χ0n) is 26.6. The summed E-state index contributed by atoms with van der Waals surface area (Å²) in [5, 5.41) is 0. The number of unbranched alkanes of at least 4 members (excludes halogenated alkanes) is 18. The molecule has 2 N–H and O–H groups in total. The van der Waals surface area contributed by atoms with E-state index >= 15 is 0 Å². The average molecular weight is 530 g/mol. The molecule has 0 saturated carbocycles. The highest BCUT2D eigenvalue weighted by molar-refractivity contribution is 5.10. The van der Waals surface area contributed by atoms with Crippen molar-refractivity contribution in [1.29, 1.82) is 0 Å². The van der Waals surface area contributed by atoms with Crippen molar-refractivity contribution in [3.8, 4) is 0 Å². The summed E-state index contributed by atoms with van der Waals surface area (Å²) in [6.07, 6.45) is 45.6. The molecule has 0 aliphatic heterocycles. The molecule has 0 aromatic heterocycles. The molecule has 4 unspecified atom stereocenters. The summed E-state index contributed by atoms with van der Waals surface area (Å²) in [4.78, 5) is 0. The smallest absolute Gasteiger partial charge is 0.00773 e. The Balaban J connectivity index is 2.70. The van der Waals surface area contributed by atoms with E-state index in [1.807, 2.05) is 0 Å². The Morgan fingerprint density at radius 1 is 0.500 bits per heavy atom. The van der Waals surface area contributed by atoms with Gasteiger partial charge in [-0.25, -0.2) is 0 Å². The number of hydrogen-bond donors (Lipinski definition) is 1. The molecule has 1 nitrogen and oxygen atoms in total. The minimum atomic E-state index is 0.781. The second-order valence-corrected chi connectivity index (χ2v) is 12.7. The molecule has 0 aromatic rings. The summed E-state index contributed by atoms with van der Waals surface area (Å²) in [6, 6.07) is 0. The number of allylic oxidation sites excluding steroid dienone is 4. The topological polar surface area (TPSA) is 26.0 Å². The van der Waals surface area contributed by atoms with Crippen molar-refractivity contribution >= 4 is 0 Å². The van der Waals surface area contributed by atoms with Crippen LogP contribution >= 0.6 is 0 Å². The molecule has 224 valence electrons. The van der Waals surface area contributed by atoms with Crippen LogP contribution in [0.5, 0.6) is 0 Å². The van der Waals surface area contributed by atoms with Crippen molar-refractivity contribution in [1.82, 2.24) is 0 Å². The van der Waals surface area contributed by atoms with E-state index in [2.05, 4.69) is 45.1 Å². The summed E-state index contributed by atoms with van der Waals surface area (Å²) in [7, 11) is 0. The normalized spacial score (nSPS) is 21.6. The van der Waals surface area contributed by atoms with Crippen molar-refractivity contribution in [3.05, 3.63) is 24.3 Å². The summed E-state index contributed by atoms with van der Waals surface area (Å²) in [6.45, 7) is 7.86. The average Bonchev–Trinajstić information content (AvgIpc) is 2.93. The first-order valence-corrected chi connectivity index (χ1v) is 17.8. The SMILES string of the molecule is CCCCC/C=C/C1C(CCCCC)C=CC(CCCCCCCCCCN)C1CCCCCCCCC. The van der Waals surface area contributed by atoms with Gasteiger partial charge in [0, 0.05) is 0 Å². The summed E-state index contributed by atoms with van der Waals surface area (Å²) >= 11 is 0. The molecule has 0 fully saturated rings. The first-order chi connectivity index (χ1) is 18.8. The van der Waals surface area contributed by atoms with Crippen molar-refractivity contribution in [2.24, 2.45) is 29.4 Å². The van der Waals surface area contributed by atoms with Gasteiger partial charge >= 0.3 is 0 Å². The molecule has 1 heteroatoms. The third-order valence-corrected chi connectivity index (χ3v) is 9.25. The fourth-order valence-corrected chi connectivity index (χ4v) is 6.77. The van der Waals surface area contributed by atoms with E-state index in [1.54, 1.807) is 0 Å². The highest BCUT2D eigenvalue weighted by Gasteiger charge is 2.33. The third kappa shape index (κ3) is 17.9. The van der Waals surface area contributed by atoms with Crippen molar-refractivity contribution in [3.63, 3.8) is 0 Å². The van der Waals surface area contributed by atoms with E-state index in [9.17, 15) is 0 Å². The Morgan fingerprint density at radius 3 is 1.58 bits per heavy atom. The van der Waals surface area contributed by atoms with Gasteiger partial charge in [-0.1, -0.05) is 167 Å². The van der Waals surface area contributed by atoms with Crippen molar-refractivity contribution in [2.75, 3.05) is 6.54 Å². The van der Waals surface area contributed by atoms with Gasteiger partial charge < -0.3 is 5.73 Å². The van der Waals surface area contributed by atoms with Crippen LogP contribution in [-0.4, -0.2) is 6.54 Å². The van der Waals surface area contributed by atoms with E-state index < -0.39 is 0 Å². The first-order valence-electron chi connectivity index (χ1n) is 17.8. The quantitative estimate of drug-likeness (QED) is 0.0830.